The average Bonchev–Trinajstić information content (AvgIpc) is 2.49. The van der Waals surface area contributed by atoms with Gasteiger partial charge in [0, 0.05) is 25.1 Å². The fourth-order valence-corrected chi connectivity index (χ4v) is 2.36. The first-order valence-electron chi connectivity index (χ1n) is 6.56. The molecule has 0 aliphatic carbocycles. The Morgan fingerprint density at radius 2 is 2.21 bits per heavy atom. The van der Waals surface area contributed by atoms with Gasteiger partial charge in [-0.1, -0.05) is 6.07 Å². The van der Waals surface area contributed by atoms with Crippen molar-refractivity contribution < 1.29 is 4.74 Å². The van der Waals surface area contributed by atoms with E-state index in [0.717, 1.165) is 25.2 Å². The second kappa shape index (κ2) is 5.91. The van der Waals surface area contributed by atoms with Crippen LogP contribution in [0.15, 0.2) is 36.8 Å². The molecule has 2 aromatic rings. The van der Waals surface area contributed by atoms with E-state index in [-0.39, 0.29) is 0 Å². The smallest absolute Gasteiger partial charge is 0.0892 e. The molecular formula is C15H17N3O. The SMILES string of the molecule is c1ccc(COCc2cncc3c2CCNC3)nc1. The first-order valence-corrected chi connectivity index (χ1v) is 6.56. The van der Waals surface area contributed by atoms with E-state index < -0.39 is 0 Å². The van der Waals surface area contributed by atoms with E-state index in [1.165, 1.54) is 16.7 Å². The molecule has 4 nitrogen and oxygen atoms in total. The minimum absolute atomic E-state index is 0.544. The van der Waals surface area contributed by atoms with E-state index in [0.29, 0.717) is 13.2 Å². The van der Waals surface area contributed by atoms with Crippen LogP contribution in [0.5, 0.6) is 0 Å². The maximum atomic E-state index is 5.75. The fourth-order valence-electron chi connectivity index (χ4n) is 2.36. The maximum absolute atomic E-state index is 5.75. The molecule has 0 saturated heterocycles. The Bertz CT molecular complexity index is 542. The van der Waals surface area contributed by atoms with Crippen LogP contribution in [0.4, 0.5) is 0 Å². The van der Waals surface area contributed by atoms with Crippen LogP contribution in [-0.2, 0) is 30.9 Å². The van der Waals surface area contributed by atoms with Crippen LogP contribution in [0.2, 0.25) is 0 Å². The Hall–Kier alpha value is -1.78. The van der Waals surface area contributed by atoms with Gasteiger partial charge in [0.05, 0.1) is 18.9 Å². The third kappa shape index (κ3) is 2.97. The zero-order chi connectivity index (χ0) is 12.9. The number of nitrogens with zero attached hydrogens (tertiary/aromatic N) is 2. The molecule has 0 saturated carbocycles. The molecule has 3 rings (SSSR count). The molecule has 3 heterocycles. The number of hydrogen-bond acceptors (Lipinski definition) is 4. The standard InChI is InChI=1S/C15H17N3O/c1-2-5-18-14(3-1)11-19-10-13-9-17-8-12-7-16-6-4-15(12)13/h1-3,5,8-9,16H,4,6-7,10-11H2. The van der Waals surface area contributed by atoms with Gasteiger partial charge in [-0.3, -0.25) is 9.97 Å². The number of hydrogen-bond donors (Lipinski definition) is 1. The second-order valence-electron chi connectivity index (χ2n) is 4.68. The Morgan fingerprint density at radius 1 is 1.21 bits per heavy atom. The first-order chi connectivity index (χ1) is 9.43. The number of pyridine rings is 2. The Labute approximate surface area is 112 Å². The third-order valence-electron chi connectivity index (χ3n) is 3.34. The molecule has 1 aliphatic rings. The van der Waals surface area contributed by atoms with Crippen molar-refractivity contribution in [1.29, 1.82) is 0 Å². The topological polar surface area (TPSA) is 47.0 Å². The summed E-state index contributed by atoms with van der Waals surface area (Å²) >= 11 is 0. The quantitative estimate of drug-likeness (QED) is 0.905. The van der Waals surface area contributed by atoms with Gasteiger partial charge in [-0.15, -0.1) is 0 Å². The van der Waals surface area contributed by atoms with Crippen molar-refractivity contribution in [3.63, 3.8) is 0 Å². The maximum Gasteiger partial charge on any atom is 0.0892 e. The van der Waals surface area contributed by atoms with E-state index in [4.69, 9.17) is 4.74 Å². The number of fused-ring (bicyclic) bond motifs is 1. The van der Waals surface area contributed by atoms with Crippen LogP contribution in [0.25, 0.3) is 0 Å². The van der Waals surface area contributed by atoms with Crippen LogP contribution in [-0.4, -0.2) is 16.5 Å². The summed E-state index contributed by atoms with van der Waals surface area (Å²) in [5.41, 5.74) is 4.86. The van der Waals surface area contributed by atoms with Crippen LogP contribution in [0.1, 0.15) is 22.4 Å². The van der Waals surface area contributed by atoms with Gasteiger partial charge in [0.1, 0.15) is 0 Å². The minimum atomic E-state index is 0.544. The molecule has 0 spiro atoms. The van der Waals surface area contributed by atoms with E-state index in [9.17, 15) is 0 Å². The molecule has 0 bridgehead atoms. The van der Waals surface area contributed by atoms with Crippen molar-refractivity contribution in [1.82, 2.24) is 15.3 Å². The van der Waals surface area contributed by atoms with Crippen LogP contribution in [0, 0.1) is 0 Å². The molecule has 0 radical (unpaired) electrons. The van der Waals surface area contributed by atoms with Crippen molar-refractivity contribution in [3.05, 3.63) is 59.2 Å². The first kappa shape index (κ1) is 12.3. The van der Waals surface area contributed by atoms with Gasteiger partial charge in [-0.2, -0.15) is 0 Å². The largest absolute Gasteiger partial charge is 0.370 e. The average molecular weight is 255 g/mol. The van der Waals surface area contributed by atoms with Gasteiger partial charge in [0.2, 0.25) is 0 Å². The lowest BCUT2D eigenvalue weighted by molar-refractivity contribution is 0.103. The summed E-state index contributed by atoms with van der Waals surface area (Å²) in [5, 5.41) is 3.36. The lowest BCUT2D eigenvalue weighted by atomic mass is 9.99. The minimum Gasteiger partial charge on any atom is -0.370 e. The molecule has 0 amide bonds. The summed E-state index contributed by atoms with van der Waals surface area (Å²) in [7, 11) is 0. The molecule has 0 unspecified atom stereocenters. The van der Waals surface area contributed by atoms with Crippen molar-refractivity contribution in [3.8, 4) is 0 Å². The predicted octanol–water partition coefficient (Wildman–Crippen LogP) is 1.84. The predicted molar refractivity (Wildman–Crippen MR) is 72.4 cm³/mol. The molecule has 0 aromatic carbocycles. The molecule has 0 fully saturated rings. The van der Waals surface area contributed by atoms with Gasteiger partial charge < -0.3 is 10.1 Å². The van der Waals surface area contributed by atoms with Crippen LogP contribution >= 0.6 is 0 Å². The van der Waals surface area contributed by atoms with E-state index in [1.807, 2.05) is 30.6 Å². The lowest BCUT2D eigenvalue weighted by Gasteiger charge is -2.19. The highest BCUT2D eigenvalue weighted by Crippen LogP contribution is 2.18. The fraction of sp³-hybridized carbons (Fsp3) is 0.333. The summed E-state index contributed by atoms with van der Waals surface area (Å²) in [6.45, 7) is 3.09. The summed E-state index contributed by atoms with van der Waals surface area (Å²) < 4.78 is 5.75. The molecule has 1 N–H and O–H groups in total. The molecule has 0 atom stereocenters. The summed E-state index contributed by atoms with van der Waals surface area (Å²) in [6.07, 6.45) is 6.71. The van der Waals surface area contributed by atoms with Crippen molar-refractivity contribution in [2.75, 3.05) is 6.54 Å². The summed E-state index contributed by atoms with van der Waals surface area (Å²) in [6, 6.07) is 5.86. The summed E-state index contributed by atoms with van der Waals surface area (Å²) in [4.78, 5) is 8.53. The second-order valence-corrected chi connectivity index (χ2v) is 4.68. The Kier molecular flexibility index (Phi) is 3.81. The van der Waals surface area contributed by atoms with Gasteiger partial charge in [0.15, 0.2) is 0 Å². The number of nitrogens with one attached hydrogen (secondary N) is 1. The molecule has 19 heavy (non-hydrogen) atoms. The van der Waals surface area contributed by atoms with Crippen LogP contribution < -0.4 is 5.32 Å². The van der Waals surface area contributed by atoms with E-state index in [1.54, 1.807) is 6.20 Å². The van der Waals surface area contributed by atoms with Gasteiger partial charge in [-0.05, 0) is 41.8 Å². The van der Waals surface area contributed by atoms with Crippen molar-refractivity contribution in [2.24, 2.45) is 0 Å². The molecule has 98 valence electrons. The number of aromatic nitrogens is 2. The highest BCUT2D eigenvalue weighted by atomic mass is 16.5. The zero-order valence-corrected chi connectivity index (χ0v) is 10.8. The van der Waals surface area contributed by atoms with Gasteiger partial charge in [0.25, 0.3) is 0 Å². The van der Waals surface area contributed by atoms with Crippen LogP contribution in [0.3, 0.4) is 0 Å². The van der Waals surface area contributed by atoms with E-state index in [2.05, 4.69) is 15.3 Å². The lowest BCUT2D eigenvalue weighted by Crippen LogP contribution is -2.25. The van der Waals surface area contributed by atoms with Gasteiger partial charge in [-0.25, -0.2) is 0 Å². The monoisotopic (exact) mass is 255 g/mol. The molecular weight excluding hydrogens is 238 g/mol. The normalized spacial score (nSPS) is 14.1. The van der Waals surface area contributed by atoms with Crippen molar-refractivity contribution >= 4 is 0 Å². The molecule has 2 aromatic heterocycles. The number of rotatable bonds is 4. The van der Waals surface area contributed by atoms with E-state index >= 15 is 0 Å². The number of ether oxygens (including phenoxy) is 1. The summed E-state index contributed by atoms with van der Waals surface area (Å²) in [5.74, 6) is 0. The molecule has 1 aliphatic heterocycles. The third-order valence-corrected chi connectivity index (χ3v) is 3.34. The molecule has 4 heteroatoms. The Morgan fingerprint density at radius 3 is 3.11 bits per heavy atom. The Balaban J connectivity index is 1.64. The highest BCUT2D eigenvalue weighted by Gasteiger charge is 2.12. The van der Waals surface area contributed by atoms with Crippen molar-refractivity contribution in [2.45, 2.75) is 26.2 Å². The zero-order valence-electron chi connectivity index (χ0n) is 10.8. The van der Waals surface area contributed by atoms with Gasteiger partial charge >= 0.3 is 0 Å². The highest BCUT2D eigenvalue weighted by molar-refractivity contribution is 5.33.